The highest BCUT2D eigenvalue weighted by atomic mass is 16.4. The largest absolute Gasteiger partial charge is 0.458 e. The average molecular weight is 212 g/mol. The second kappa shape index (κ2) is 15.4. The number of hydrogen-bond donors (Lipinski definition) is 2. The van der Waals surface area contributed by atoms with Gasteiger partial charge in [-0.25, -0.2) is 0 Å². The summed E-state index contributed by atoms with van der Waals surface area (Å²) in [6.07, 6.45) is 4.26. The van der Waals surface area contributed by atoms with E-state index in [9.17, 15) is 4.79 Å². The van der Waals surface area contributed by atoms with Gasteiger partial charge in [0.25, 0.3) is 0 Å². The highest BCUT2D eigenvalue weighted by molar-refractivity contribution is 6.43. The summed E-state index contributed by atoms with van der Waals surface area (Å²) in [4.78, 5) is 9.41. The van der Waals surface area contributed by atoms with Crippen molar-refractivity contribution in [3.8, 4) is 0 Å². The van der Waals surface area contributed by atoms with Crippen molar-refractivity contribution in [2.75, 3.05) is 0 Å². The van der Waals surface area contributed by atoms with Crippen molar-refractivity contribution < 1.29 is 14.8 Å². The highest BCUT2D eigenvalue weighted by Crippen LogP contribution is 2.04. The molecule has 0 aromatic heterocycles. The molecule has 0 bridgehead atoms. The first-order valence-electron chi connectivity index (χ1n) is 4.55. The van der Waals surface area contributed by atoms with Crippen LogP contribution in [0.3, 0.4) is 0 Å². The Morgan fingerprint density at radius 2 is 1.73 bits per heavy atom. The lowest BCUT2D eigenvalue weighted by molar-refractivity contribution is -0.104. The first-order chi connectivity index (χ1) is 6.95. The number of hydrogen-bond acceptors (Lipinski definition) is 3. The standard InChI is InChI=1S/C5H11BO2.C4H6O.C2H4/c1-3-4-5(2)6(7)8;1-4(2)3-5;1-2/h3-5,7-8H,1-2H3;3H,1H2,2H3;1-2H2/b4-3-;;. The van der Waals surface area contributed by atoms with Crippen molar-refractivity contribution in [2.24, 2.45) is 0 Å². The molecule has 15 heavy (non-hydrogen) atoms. The summed E-state index contributed by atoms with van der Waals surface area (Å²) in [7, 11) is -1.22. The van der Waals surface area contributed by atoms with E-state index in [1.165, 1.54) is 0 Å². The summed E-state index contributed by atoms with van der Waals surface area (Å²) in [5.74, 6) is -0.153. The van der Waals surface area contributed by atoms with E-state index in [2.05, 4.69) is 19.7 Å². The number of carbonyl (C=O) groups is 1. The van der Waals surface area contributed by atoms with E-state index in [1.807, 2.05) is 6.92 Å². The molecule has 0 aliphatic rings. The van der Waals surface area contributed by atoms with Gasteiger partial charge in [-0.15, -0.1) is 13.2 Å². The Kier molecular flexibility index (Phi) is 19.9. The molecule has 0 aromatic rings. The minimum absolute atomic E-state index is 0.153. The Morgan fingerprint density at radius 1 is 1.40 bits per heavy atom. The molecule has 86 valence electrons. The van der Waals surface area contributed by atoms with Crippen LogP contribution in [0.25, 0.3) is 0 Å². The Balaban J connectivity index is -0.000000177. The van der Waals surface area contributed by atoms with E-state index in [0.29, 0.717) is 5.57 Å². The van der Waals surface area contributed by atoms with Crippen LogP contribution in [0.4, 0.5) is 0 Å². The summed E-state index contributed by atoms with van der Waals surface area (Å²) >= 11 is 0. The summed E-state index contributed by atoms with van der Waals surface area (Å²) in [6, 6.07) is 0. The monoisotopic (exact) mass is 212 g/mol. The Hall–Kier alpha value is -1.13. The number of rotatable bonds is 3. The maximum atomic E-state index is 9.41. The van der Waals surface area contributed by atoms with Crippen LogP contribution in [0.1, 0.15) is 20.8 Å². The van der Waals surface area contributed by atoms with E-state index in [0.717, 1.165) is 6.29 Å². The molecule has 0 heterocycles. The van der Waals surface area contributed by atoms with Gasteiger partial charge in [-0.1, -0.05) is 25.7 Å². The predicted octanol–water partition coefficient (Wildman–Crippen LogP) is 1.99. The molecular formula is C11H21BO3. The second-order valence-electron chi connectivity index (χ2n) is 2.76. The Labute approximate surface area is 93.0 Å². The number of aldehydes is 1. The Morgan fingerprint density at radius 3 is 1.80 bits per heavy atom. The first-order valence-corrected chi connectivity index (χ1v) is 4.55. The van der Waals surface area contributed by atoms with Crippen molar-refractivity contribution in [3.63, 3.8) is 0 Å². The number of carbonyl (C=O) groups excluding carboxylic acids is 1. The van der Waals surface area contributed by atoms with Crippen LogP contribution in [0, 0.1) is 0 Å². The molecule has 0 saturated carbocycles. The summed E-state index contributed by atoms with van der Waals surface area (Å²) in [6.45, 7) is 14.6. The maximum Gasteiger partial charge on any atom is 0.458 e. The van der Waals surface area contributed by atoms with Gasteiger partial charge in [0, 0.05) is 5.82 Å². The number of allylic oxidation sites excluding steroid dienone is 3. The zero-order valence-electron chi connectivity index (χ0n) is 9.81. The molecule has 0 saturated heterocycles. The molecule has 0 aliphatic carbocycles. The van der Waals surface area contributed by atoms with E-state index in [1.54, 1.807) is 26.0 Å². The van der Waals surface area contributed by atoms with Gasteiger partial charge < -0.3 is 10.0 Å². The normalized spacial score (nSPS) is 10.2. The van der Waals surface area contributed by atoms with E-state index < -0.39 is 7.12 Å². The molecule has 1 unspecified atom stereocenters. The van der Waals surface area contributed by atoms with Crippen LogP contribution < -0.4 is 0 Å². The quantitative estimate of drug-likeness (QED) is 0.325. The molecular weight excluding hydrogens is 191 g/mol. The summed E-state index contributed by atoms with van der Waals surface area (Å²) in [5.41, 5.74) is 0.574. The fourth-order valence-corrected chi connectivity index (χ4v) is 0.403. The lowest BCUT2D eigenvalue weighted by Gasteiger charge is -2.00. The van der Waals surface area contributed by atoms with Gasteiger partial charge in [0.15, 0.2) is 0 Å². The lowest BCUT2D eigenvalue weighted by Crippen LogP contribution is -2.15. The van der Waals surface area contributed by atoms with Gasteiger partial charge in [0.05, 0.1) is 0 Å². The van der Waals surface area contributed by atoms with Gasteiger partial charge in [0.1, 0.15) is 6.29 Å². The van der Waals surface area contributed by atoms with Crippen LogP contribution in [0.5, 0.6) is 0 Å². The van der Waals surface area contributed by atoms with Gasteiger partial charge in [-0.3, -0.25) is 4.79 Å². The second-order valence-corrected chi connectivity index (χ2v) is 2.76. The van der Waals surface area contributed by atoms with Crippen molar-refractivity contribution >= 4 is 13.4 Å². The zero-order chi connectivity index (χ0) is 12.9. The molecule has 4 heteroatoms. The zero-order valence-corrected chi connectivity index (χ0v) is 9.81. The van der Waals surface area contributed by atoms with Crippen LogP contribution in [-0.2, 0) is 4.79 Å². The smallest absolute Gasteiger partial charge is 0.427 e. The Bertz CT molecular complexity index is 188. The fourth-order valence-electron chi connectivity index (χ4n) is 0.403. The van der Waals surface area contributed by atoms with Crippen LogP contribution in [0.15, 0.2) is 37.5 Å². The van der Waals surface area contributed by atoms with Gasteiger partial charge in [-0.05, 0) is 19.4 Å². The van der Waals surface area contributed by atoms with Gasteiger partial charge >= 0.3 is 7.12 Å². The molecule has 0 aromatic carbocycles. The molecule has 1 atom stereocenters. The van der Waals surface area contributed by atoms with Crippen molar-refractivity contribution in [2.45, 2.75) is 26.6 Å². The fraction of sp³-hybridized carbons (Fsp3) is 0.364. The molecule has 0 fully saturated rings. The third-order valence-corrected chi connectivity index (χ3v) is 1.17. The minimum atomic E-state index is -1.22. The van der Waals surface area contributed by atoms with Crippen LogP contribution in [0.2, 0.25) is 5.82 Å². The molecule has 0 rings (SSSR count). The highest BCUT2D eigenvalue weighted by Gasteiger charge is 2.13. The van der Waals surface area contributed by atoms with Crippen molar-refractivity contribution in [3.05, 3.63) is 37.5 Å². The topological polar surface area (TPSA) is 57.5 Å². The third-order valence-electron chi connectivity index (χ3n) is 1.17. The average Bonchev–Trinajstić information content (AvgIpc) is 2.22. The minimum Gasteiger partial charge on any atom is -0.427 e. The maximum absolute atomic E-state index is 9.41. The lowest BCUT2D eigenvalue weighted by atomic mass is 9.74. The van der Waals surface area contributed by atoms with Crippen LogP contribution in [-0.4, -0.2) is 23.5 Å². The third kappa shape index (κ3) is 24.6. The van der Waals surface area contributed by atoms with Crippen LogP contribution >= 0.6 is 0 Å². The van der Waals surface area contributed by atoms with Crippen molar-refractivity contribution in [1.29, 1.82) is 0 Å². The molecule has 0 radical (unpaired) electrons. The molecule has 2 N–H and O–H groups in total. The summed E-state index contributed by atoms with van der Waals surface area (Å²) in [5, 5.41) is 16.9. The van der Waals surface area contributed by atoms with Gasteiger partial charge in [0.2, 0.25) is 0 Å². The molecule has 0 aliphatic heterocycles. The van der Waals surface area contributed by atoms with Gasteiger partial charge in [-0.2, -0.15) is 0 Å². The molecule has 0 spiro atoms. The van der Waals surface area contributed by atoms with E-state index in [-0.39, 0.29) is 5.82 Å². The van der Waals surface area contributed by atoms with E-state index >= 15 is 0 Å². The van der Waals surface area contributed by atoms with Crippen molar-refractivity contribution in [1.82, 2.24) is 0 Å². The predicted molar refractivity (Wildman–Crippen MR) is 66.6 cm³/mol. The molecule has 3 nitrogen and oxygen atoms in total. The summed E-state index contributed by atoms with van der Waals surface area (Å²) < 4.78 is 0. The first kappa shape index (κ1) is 19.4. The van der Waals surface area contributed by atoms with E-state index in [4.69, 9.17) is 10.0 Å². The SMILES string of the molecule is C/C=C\C(C)B(O)O.C=C.C=C(C)C=O. The molecule has 0 amide bonds.